The van der Waals surface area contributed by atoms with Gasteiger partial charge in [-0.05, 0) is 61.7 Å². The topological polar surface area (TPSA) is 93.7 Å². The van der Waals surface area contributed by atoms with Crippen LogP contribution in [0, 0.1) is 6.92 Å². The van der Waals surface area contributed by atoms with Crippen molar-refractivity contribution in [2.75, 3.05) is 19.0 Å². The summed E-state index contributed by atoms with van der Waals surface area (Å²) in [6.45, 7) is 4.12. The van der Waals surface area contributed by atoms with Crippen molar-refractivity contribution in [1.82, 2.24) is 4.72 Å². The Hall–Kier alpha value is -3.36. The van der Waals surface area contributed by atoms with E-state index in [-0.39, 0.29) is 11.3 Å². The van der Waals surface area contributed by atoms with Crippen molar-refractivity contribution in [2.24, 2.45) is 0 Å². The number of amides is 1. The highest BCUT2D eigenvalue weighted by molar-refractivity contribution is 7.89. The number of benzene rings is 3. The van der Waals surface area contributed by atoms with Gasteiger partial charge in [0.2, 0.25) is 15.9 Å². The zero-order valence-electron chi connectivity index (χ0n) is 18.9. The first kappa shape index (κ1) is 24.3. The summed E-state index contributed by atoms with van der Waals surface area (Å²) >= 11 is 0. The number of sulfonamides is 1. The predicted octanol–water partition coefficient (Wildman–Crippen LogP) is 3.93. The van der Waals surface area contributed by atoms with Crippen molar-refractivity contribution < 1.29 is 22.7 Å². The van der Waals surface area contributed by atoms with Crippen LogP contribution >= 0.6 is 0 Å². The summed E-state index contributed by atoms with van der Waals surface area (Å²) in [5.74, 6) is 0.726. The van der Waals surface area contributed by atoms with Gasteiger partial charge in [-0.15, -0.1) is 0 Å². The van der Waals surface area contributed by atoms with E-state index in [1.807, 2.05) is 37.3 Å². The maximum Gasteiger partial charge on any atom is 0.242 e. The highest BCUT2D eigenvalue weighted by Crippen LogP contribution is 2.23. The van der Waals surface area contributed by atoms with Crippen LogP contribution in [0.15, 0.2) is 77.7 Å². The van der Waals surface area contributed by atoms with Crippen molar-refractivity contribution >= 4 is 21.6 Å². The molecule has 33 heavy (non-hydrogen) atoms. The Morgan fingerprint density at radius 2 is 1.76 bits per heavy atom. The summed E-state index contributed by atoms with van der Waals surface area (Å²) in [6, 6.07) is 19.7. The molecule has 1 atom stereocenters. The lowest BCUT2D eigenvalue weighted by Gasteiger charge is -2.19. The first-order chi connectivity index (χ1) is 15.8. The van der Waals surface area contributed by atoms with Crippen LogP contribution in [0.3, 0.4) is 0 Å². The summed E-state index contributed by atoms with van der Waals surface area (Å²) in [5.41, 5.74) is 2.03. The van der Waals surface area contributed by atoms with Crippen molar-refractivity contribution in [1.29, 1.82) is 0 Å². The average molecular weight is 469 g/mol. The molecule has 0 saturated carbocycles. The monoisotopic (exact) mass is 468 g/mol. The van der Waals surface area contributed by atoms with Crippen LogP contribution < -0.4 is 19.5 Å². The van der Waals surface area contributed by atoms with Gasteiger partial charge >= 0.3 is 0 Å². The number of carbonyl (C=O) groups is 1. The fraction of sp³-hybridized carbons (Fsp3) is 0.240. The van der Waals surface area contributed by atoms with E-state index in [1.54, 1.807) is 37.3 Å². The number of aryl methyl sites for hydroxylation is 1. The van der Waals surface area contributed by atoms with Gasteiger partial charge < -0.3 is 14.8 Å². The Kier molecular flexibility index (Phi) is 8.08. The summed E-state index contributed by atoms with van der Waals surface area (Å²) < 4.78 is 39.6. The van der Waals surface area contributed by atoms with E-state index in [0.717, 1.165) is 5.56 Å². The lowest BCUT2D eigenvalue weighted by molar-refractivity contribution is -0.117. The van der Waals surface area contributed by atoms with Gasteiger partial charge in [0.15, 0.2) is 0 Å². The molecule has 3 aromatic rings. The van der Waals surface area contributed by atoms with Crippen LogP contribution in [-0.2, 0) is 21.2 Å². The number of methoxy groups -OCH3 is 1. The number of hydrogen-bond donors (Lipinski definition) is 2. The molecule has 0 heterocycles. The van der Waals surface area contributed by atoms with E-state index in [9.17, 15) is 13.2 Å². The van der Waals surface area contributed by atoms with E-state index >= 15 is 0 Å². The second-order valence-electron chi connectivity index (χ2n) is 7.45. The molecule has 0 unspecified atom stereocenters. The van der Waals surface area contributed by atoms with Gasteiger partial charge in [0, 0.05) is 11.8 Å². The van der Waals surface area contributed by atoms with E-state index in [2.05, 4.69) is 10.0 Å². The van der Waals surface area contributed by atoms with E-state index in [0.29, 0.717) is 29.4 Å². The molecular formula is C25H28N2O5S. The number of hydrogen-bond acceptors (Lipinski definition) is 5. The Balaban J connectivity index is 1.87. The molecule has 2 N–H and O–H groups in total. The highest BCUT2D eigenvalue weighted by Gasteiger charge is 2.27. The van der Waals surface area contributed by atoms with E-state index in [4.69, 9.17) is 9.47 Å². The number of anilines is 1. The van der Waals surface area contributed by atoms with Crippen LogP contribution in [0.2, 0.25) is 0 Å². The van der Waals surface area contributed by atoms with Crippen molar-refractivity contribution in [3.8, 4) is 11.5 Å². The summed E-state index contributed by atoms with van der Waals surface area (Å²) in [7, 11) is -2.44. The number of ether oxygens (including phenoxy) is 2. The van der Waals surface area contributed by atoms with Gasteiger partial charge in [-0.1, -0.05) is 36.4 Å². The van der Waals surface area contributed by atoms with Crippen LogP contribution in [0.1, 0.15) is 18.1 Å². The molecule has 0 saturated heterocycles. The number of rotatable bonds is 10. The maximum atomic E-state index is 13.2. The summed E-state index contributed by atoms with van der Waals surface area (Å²) in [6.07, 6.45) is 0.186. The SMILES string of the molecule is CCOc1ccc(S(=O)(=O)N[C@H](Cc2ccccc2)C(=O)Nc2cccc(OC)c2)cc1C. The molecule has 0 bridgehead atoms. The molecule has 1 amide bonds. The molecule has 0 fully saturated rings. The van der Waals surface area contributed by atoms with Gasteiger partial charge in [-0.25, -0.2) is 8.42 Å². The third-order valence-electron chi connectivity index (χ3n) is 4.99. The zero-order chi connectivity index (χ0) is 23.8. The third kappa shape index (κ3) is 6.57. The Bertz CT molecular complexity index is 1200. The second-order valence-corrected chi connectivity index (χ2v) is 9.16. The fourth-order valence-corrected chi connectivity index (χ4v) is 4.61. The first-order valence-electron chi connectivity index (χ1n) is 10.6. The van der Waals surface area contributed by atoms with Crippen molar-refractivity contribution in [3.05, 3.63) is 83.9 Å². The van der Waals surface area contributed by atoms with Crippen LogP contribution in [0.25, 0.3) is 0 Å². The summed E-state index contributed by atoms with van der Waals surface area (Å²) in [4.78, 5) is 13.2. The number of nitrogens with one attached hydrogen (secondary N) is 2. The fourth-order valence-electron chi connectivity index (χ4n) is 3.33. The van der Waals surface area contributed by atoms with Crippen LogP contribution in [-0.4, -0.2) is 34.1 Å². The van der Waals surface area contributed by atoms with Crippen molar-refractivity contribution in [3.63, 3.8) is 0 Å². The third-order valence-corrected chi connectivity index (χ3v) is 6.46. The molecule has 0 aliphatic rings. The largest absolute Gasteiger partial charge is 0.497 e. The van der Waals surface area contributed by atoms with Gasteiger partial charge in [-0.3, -0.25) is 4.79 Å². The van der Waals surface area contributed by atoms with Crippen LogP contribution in [0.4, 0.5) is 5.69 Å². The Labute approximate surface area is 194 Å². The quantitative estimate of drug-likeness (QED) is 0.470. The Morgan fingerprint density at radius 1 is 1.00 bits per heavy atom. The average Bonchev–Trinajstić information content (AvgIpc) is 2.80. The molecule has 0 spiro atoms. The molecule has 8 heteroatoms. The second kappa shape index (κ2) is 11.0. The minimum atomic E-state index is -3.98. The van der Waals surface area contributed by atoms with Crippen molar-refractivity contribution in [2.45, 2.75) is 31.2 Å². The van der Waals surface area contributed by atoms with Gasteiger partial charge in [0.1, 0.15) is 17.5 Å². The first-order valence-corrected chi connectivity index (χ1v) is 12.1. The lowest BCUT2D eigenvalue weighted by atomic mass is 10.1. The molecule has 7 nitrogen and oxygen atoms in total. The molecule has 174 valence electrons. The molecule has 0 aliphatic carbocycles. The van der Waals surface area contributed by atoms with E-state index in [1.165, 1.54) is 19.2 Å². The number of carbonyl (C=O) groups excluding carboxylic acids is 1. The zero-order valence-corrected chi connectivity index (χ0v) is 19.7. The lowest BCUT2D eigenvalue weighted by Crippen LogP contribution is -2.45. The normalized spacial score (nSPS) is 12.1. The molecular weight excluding hydrogens is 440 g/mol. The molecule has 0 aromatic heterocycles. The van der Waals surface area contributed by atoms with Gasteiger partial charge in [0.05, 0.1) is 18.6 Å². The van der Waals surface area contributed by atoms with Gasteiger partial charge in [0.25, 0.3) is 0 Å². The minimum absolute atomic E-state index is 0.0655. The molecule has 0 aliphatic heterocycles. The van der Waals surface area contributed by atoms with Crippen LogP contribution in [0.5, 0.6) is 11.5 Å². The predicted molar refractivity (Wildman–Crippen MR) is 128 cm³/mol. The molecule has 3 rings (SSSR count). The minimum Gasteiger partial charge on any atom is -0.497 e. The van der Waals surface area contributed by atoms with Gasteiger partial charge in [-0.2, -0.15) is 4.72 Å². The summed E-state index contributed by atoms with van der Waals surface area (Å²) in [5, 5.41) is 2.78. The Morgan fingerprint density at radius 3 is 2.42 bits per heavy atom. The highest BCUT2D eigenvalue weighted by atomic mass is 32.2. The molecule has 3 aromatic carbocycles. The molecule has 0 radical (unpaired) electrons. The van der Waals surface area contributed by atoms with E-state index < -0.39 is 22.0 Å². The smallest absolute Gasteiger partial charge is 0.242 e. The standard InChI is InChI=1S/C25H28N2O5S/c1-4-32-24-14-13-22(15-18(24)2)33(29,30)27-23(16-19-9-6-5-7-10-19)25(28)26-20-11-8-12-21(17-20)31-3/h5-15,17,23,27H,4,16H2,1-3H3,(H,26,28)/t23-/m1/s1. The maximum absolute atomic E-state index is 13.2.